The Morgan fingerprint density at radius 3 is 2.20 bits per heavy atom. The number of hydrogen-bond donors (Lipinski definition) is 0. The molecule has 0 saturated carbocycles. The molecule has 0 aliphatic heterocycles. The molecule has 0 aromatic heterocycles. The van der Waals surface area contributed by atoms with Crippen molar-refractivity contribution in [1.29, 1.82) is 0 Å². The van der Waals surface area contributed by atoms with E-state index in [1.165, 1.54) is 13.8 Å². The van der Waals surface area contributed by atoms with E-state index in [1.807, 2.05) is 0 Å². The number of ether oxygens (including phenoxy) is 1. The van der Waals surface area contributed by atoms with E-state index in [9.17, 15) is 18.0 Å². The van der Waals surface area contributed by atoms with Crippen molar-refractivity contribution in [2.75, 3.05) is 7.11 Å². The van der Waals surface area contributed by atoms with E-state index in [0.717, 1.165) is 7.11 Å². The lowest BCUT2D eigenvalue weighted by atomic mass is 10.4. The second kappa shape index (κ2) is 5.32. The van der Waals surface area contributed by atoms with Gasteiger partial charge in [-0.15, -0.1) is 4.99 Å². The fraction of sp³-hybridized carbons (Fsp3) is 0.571. The summed E-state index contributed by atoms with van der Waals surface area (Å²) in [6, 6.07) is 0.303. The van der Waals surface area contributed by atoms with Gasteiger partial charge in [0.05, 0.1) is 7.11 Å². The topological polar surface area (TPSA) is 63.4 Å². The molecule has 0 aromatic rings. The number of methoxy groups -OCH3 is 1. The Morgan fingerprint density at radius 1 is 1.33 bits per heavy atom. The molecule has 0 spiro atoms. The molecule has 0 rings (SSSR count). The fourth-order valence-corrected chi connectivity index (χ4v) is 0.422. The largest absolute Gasteiger partial charge is 0.453 e. The average Bonchev–Trinajstić information content (AvgIpc) is 2.09. The molecule has 0 bridgehead atoms. The maximum absolute atomic E-state index is 12.2. The molecule has 0 radical (unpaired) electrons. The van der Waals surface area contributed by atoms with Crippen LogP contribution in [0.1, 0.15) is 13.8 Å². The molecule has 0 heterocycles. The Bertz CT molecular complexity index is 284. The Morgan fingerprint density at radius 2 is 1.87 bits per heavy atom. The zero-order valence-corrected chi connectivity index (χ0v) is 8.29. The van der Waals surface area contributed by atoms with Crippen molar-refractivity contribution in [2.45, 2.75) is 20.0 Å². The summed E-state index contributed by atoms with van der Waals surface area (Å²) in [5, 5.41) is 5.96. The van der Waals surface area contributed by atoms with Gasteiger partial charge in [-0.05, 0) is 0 Å². The molecule has 0 aliphatic rings. The molecule has 0 atom stereocenters. The first-order chi connectivity index (χ1) is 6.77. The smallest absolute Gasteiger partial charge is 0.451 e. The van der Waals surface area contributed by atoms with Gasteiger partial charge in [0, 0.05) is 5.11 Å². The summed E-state index contributed by atoms with van der Waals surface area (Å²) in [5.74, 6) is -1.64. The van der Waals surface area contributed by atoms with E-state index in [-0.39, 0.29) is 0 Å². The first-order valence-electron chi connectivity index (χ1n) is 3.73. The van der Waals surface area contributed by atoms with Crippen LogP contribution in [0.15, 0.2) is 15.2 Å². The van der Waals surface area contributed by atoms with Crippen LogP contribution < -0.4 is 0 Å². The summed E-state index contributed by atoms with van der Waals surface area (Å²) in [6.07, 6.45) is -6.22. The number of aliphatic imine (C=N–C) groups is 1. The third-order valence-corrected chi connectivity index (χ3v) is 0.970. The van der Waals surface area contributed by atoms with Crippen LogP contribution in [0.4, 0.5) is 18.0 Å². The van der Waals surface area contributed by atoms with Gasteiger partial charge in [0.1, 0.15) is 13.8 Å². The molecule has 8 heteroatoms. The first kappa shape index (κ1) is 13.4. The number of halogens is 3. The second-order valence-corrected chi connectivity index (χ2v) is 2.55. The maximum Gasteiger partial charge on any atom is 0.453 e. The molecule has 84 valence electrons. The Balaban J connectivity index is 4.91. The molecule has 0 saturated heterocycles. The molecule has 0 unspecified atom stereocenters. The normalized spacial score (nSPS) is 13.1. The minimum atomic E-state index is -4.84. The minimum absolute atomic E-state index is 0.303. The van der Waals surface area contributed by atoms with Gasteiger partial charge in [0.2, 0.25) is 6.04 Å². The maximum atomic E-state index is 12.2. The average molecular weight is 224 g/mol. The number of carbonyl (C=O) groups is 1. The summed E-state index contributed by atoms with van der Waals surface area (Å²) in [6.45, 7) is 2.91. The van der Waals surface area contributed by atoms with Crippen molar-refractivity contribution in [1.82, 2.24) is 0 Å². The molecule has 1 amide bonds. The fourth-order valence-electron chi connectivity index (χ4n) is 0.422. The summed E-state index contributed by atoms with van der Waals surface area (Å²) in [7, 11) is 0.911. The Hall–Kier alpha value is -1.60. The summed E-state index contributed by atoms with van der Waals surface area (Å²) < 4.78 is 40.4. The molecule has 0 aromatic carbocycles. The van der Waals surface area contributed by atoms with E-state index < -0.39 is 18.1 Å². The van der Waals surface area contributed by atoms with Gasteiger partial charge < -0.3 is 4.74 Å². The predicted molar refractivity (Wildman–Crippen MR) is 45.3 cm³/mol. The number of amides is 1. The van der Waals surface area contributed by atoms with Crippen molar-refractivity contribution in [3.05, 3.63) is 6.04 Å². The Labute approximate surface area is 84.0 Å². The van der Waals surface area contributed by atoms with E-state index in [2.05, 4.69) is 20.0 Å². The third-order valence-electron chi connectivity index (χ3n) is 0.970. The van der Waals surface area contributed by atoms with E-state index in [4.69, 9.17) is 0 Å². The van der Waals surface area contributed by atoms with Crippen molar-refractivity contribution >= 4 is 11.9 Å². The van der Waals surface area contributed by atoms with E-state index in [0.29, 0.717) is 6.04 Å². The van der Waals surface area contributed by atoms with Gasteiger partial charge in [-0.1, -0.05) is 5.11 Å². The standard InChI is InChI=1S/C7H9F3N3O2/c1-4(2)12-13-5(7(8,9)10)11-6(14)15-3/h1-3H3/q+1/b11-5+,13-12?. The summed E-state index contributed by atoms with van der Waals surface area (Å²) in [4.78, 5) is 13.1. The summed E-state index contributed by atoms with van der Waals surface area (Å²) in [5.41, 5.74) is 0. The zero-order valence-electron chi connectivity index (χ0n) is 8.29. The highest BCUT2D eigenvalue weighted by Crippen LogP contribution is 2.19. The van der Waals surface area contributed by atoms with Gasteiger partial charge in [-0.2, -0.15) is 13.2 Å². The first-order valence-corrected chi connectivity index (χ1v) is 3.73. The van der Waals surface area contributed by atoms with Crippen LogP contribution in [-0.4, -0.2) is 25.2 Å². The van der Waals surface area contributed by atoms with Crippen molar-refractivity contribution in [3.63, 3.8) is 0 Å². The number of azo groups is 1. The van der Waals surface area contributed by atoms with E-state index >= 15 is 0 Å². The number of rotatable bonds is 1. The molecule has 0 aliphatic carbocycles. The zero-order chi connectivity index (χ0) is 12.1. The lowest BCUT2D eigenvalue weighted by Crippen LogP contribution is -2.22. The highest BCUT2D eigenvalue weighted by Gasteiger charge is 2.38. The molecular weight excluding hydrogens is 215 g/mol. The predicted octanol–water partition coefficient (Wildman–Crippen LogP) is 2.74. The monoisotopic (exact) mass is 224 g/mol. The molecule has 5 nitrogen and oxygen atoms in total. The second-order valence-electron chi connectivity index (χ2n) is 2.55. The minimum Gasteiger partial charge on any atom is -0.451 e. The van der Waals surface area contributed by atoms with Crippen LogP contribution in [0.25, 0.3) is 0 Å². The molecular formula is C7H9F3N3O2+. The van der Waals surface area contributed by atoms with Crippen molar-refractivity contribution in [3.8, 4) is 0 Å². The molecule has 0 N–H and O–H groups in total. The highest BCUT2D eigenvalue weighted by atomic mass is 19.4. The number of hydrogen-bond acceptors (Lipinski definition) is 3. The molecule has 0 fully saturated rings. The van der Waals surface area contributed by atoms with Gasteiger partial charge >= 0.3 is 12.3 Å². The van der Waals surface area contributed by atoms with Gasteiger partial charge in [0.25, 0.3) is 5.84 Å². The molecule has 15 heavy (non-hydrogen) atoms. The lowest BCUT2D eigenvalue weighted by Gasteiger charge is -2.02. The van der Waals surface area contributed by atoms with Gasteiger partial charge in [-0.25, -0.2) is 4.79 Å². The quantitative estimate of drug-likeness (QED) is 0.297. The van der Waals surface area contributed by atoms with Crippen LogP contribution in [0, 0.1) is 6.04 Å². The van der Waals surface area contributed by atoms with Gasteiger partial charge in [-0.3, -0.25) is 0 Å². The lowest BCUT2D eigenvalue weighted by molar-refractivity contribution is -0.0602. The van der Waals surface area contributed by atoms with Crippen LogP contribution >= 0.6 is 0 Å². The van der Waals surface area contributed by atoms with Crippen LogP contribution in [-0.2, 0) is 4.74 Å². The third kappa shape index (κ3) is 5.66. The van der Waals surface area contributed by atoms with Crippen LogP contribution in [0.3, 0.4) is 0 Å². The summed E-state index contributed by atoms with van der Waals surface area (Å²) >= 11 is 0. The SMILES string of the molecule is COC(=O)/N=C(/N=N[C+](C)C)C(F)(F)F. The Kier molecular flexibility index (Phi) is 4.75. The number of amidine groups is 1. The number of nitrogens with zero attached hydrogens (tertiary/aromatic N) is 3. The van der Waals surface area contributed by atoms with E-state index in [1.54, 1.807) is 0 Å². The van der Waals surface area contributed by atoms with Crippen LogP contribution in [0.2, 0.25) is 0 Å². The van der Waals surface area contributed by atoms with Gasteiger partial charge in [0.15, 0.2) is 0 Å². The van der Waals surface area contributed by atoms with Crippen molar-refractivity contribution in [2.24, 2.45) is 15.2 Å². The highest BCUT2D eigenvalue weighted by molar-refractivity contribution is 5.95. The van der Waals surface area contributed by atoms with Crippen molar-refractivity contribution < 1.29 is 22.7 Å². The number of carbonyl (C=O) groups excluding carboxylic acids is 1. The number of alkyl halides is 3. The van der Waals surface area contributed by atoms with Crippen LogP contribution in [0.5, 0.6) is 0 Å².